The third-order valence-corrected chi connectivity index (χ3v) is 2.50. The maximum atomic E-state index is 11.5. The lowest BCUT2D eigenvalue weighted by molar-refractivity contribution is 0.449. The third kappa shape index (κ3) is 2.29. The Balaban J connectivity index is 2.39. The van der Waals surface area contributed by atoms with E-state index in [4.69, 9.17) is 10.2 Å². The standard InChI is InChI=1S/C12H15N3O2/c1-8(2)15-12(16)17-11(14-15)10-5-3-9(7-13)4-6-10/h3-6,8H,7,13H2,1-2H3. The Bertz CT molecular complexity index is 552. The number of benzene rings is 1. The summed E-state index contributed by atoms with van der Waals surface area (Å²) < 4.78 is 6.43. The van der Waals surface area contributed by atoms with E-state index in [1.165, 1.54) is 4.68 Å². The molecule has 2 rings (SSSR count). The molecule has 0 spiro atoms. The third-order valence-electron chi connectivity index (χ3n) is 2.50. The fourth-order valence-electron chi connectivity index (χ4n) is 1.51. The Morgan fingerprint density at radius 1 is 1.35 bits per heavy atom. The van der Waals surface area contributed by atoms with Crippen molar-refractivity contribution in [3.05, 3.63) is 40.4 Å². The molecule has 0 saturated heterocycles. The van der Waals surface area contributed by atoms with Gasteiger partial charge in [-0.2, -0.15) is 4.68 Å². The lowest BCUT2D eigenvalue weighted by Crippen LogP contribution is -2.17. The monoisotopic (exact) mass is 233 g/mol. The van der Waals surface area contributed by atoms with Crippen molar-refractivity contribution in [2.75, 3.05) is 0 Å². The van der Waals surface area contributed by atoms with E-state index in [-0.39, 0.29) is 6.04 Å². The summed E-state index contributed by atoms with van der Waals surface area (Å²) in [6, 6.07) is 7.47. The van der Waals surface area contributed by atoms with Crippen LogP contribution in [0.2, 0.25) is 0 Å². The lowest BCUT2D eigenvalue weighted by Gasteiger charge is -2.00. The van der Waals surface area contributed by atoms with E-state index < -0.39 is 5.76 Å². The van der Waals surface area contributed by atoms with Gasteiger partial charge < -0.3 is 10.2 Å². The first-order valence-corrected chi connectivity index (χ1v) is 5.51. The van der Waals surface area contributed by atoms with Crippen molar-refractivity contribution in [3.8, 4) is 11.5 Å². The van der Waals surface area contributed by atoms with Crippen LogP contribution in [0.1, 0.15) is 25.5 Å². The van der Waals surface area contributed by atoms with Gasteiger partial charge in [0.2, 0.25) is 5.89 Å². The van der Waals surface area contributed by atoms with Gasteiger partial charge in [0.1, 0.15) is 0 Å². The Kier molecular flexibility index (Phi) is 3.10. The van der Waals surface area contributed by atoms with E-state index in [9.17, 15) is 4.79 Å². The second-order valence-corrected chi connectivity index (χ2v) is 4.11. The average molecular weight is 233 g/mol. The molecule has 5 heteroatoms. The van der Waals surface area contributed by atoms with Crippen LogP contribution in [0.5, 0.6) is 0 Å². The number of hydrogen-bond donors (Lipinski definition) is 1. The molecule has 0 bridgehead atoms. The Morgan fingerprint density at radius 3 is 2.47 bits per heavy atom. The predicted molar refractivity (Wildman–Crippen MR) is 64.5 cm³/mol. The van der Waals surface area contributed by atoms with Gasteiger partial charge in [-0.05, 0) is 31.5 Å². The normalized spacial score (nSPS) is 11.1. The molecular formula is C12H15N3O2. The van der Waals surface area contributed by atoms with Crippen LogP contribution in [0.3, 0.4) is 0 Å². The van der Waals surface area contributed by atoms with Gasteiger partial charge in [0.25, 0.3) is 0 Å². The first-order chi connectivity index (χ1) is 8.11. The van der Waals surface area contributed by atoms with Crippen molar-refractivity contribution in [2.24, 2.45) is 5.73 Å². The summed E-state index contributed by atoms with van der Waals surface area (Å²) in [6.45, 7) is 4.25. The van der Waals surface area contributed by atoms with E-state index in [0.717, 1.165) is 11.1 Å². The van der Waals surface area contributed by atoms with Crippen molar-refractivity contribution in [3.63, 3.8) is 0 Å². The van der Waals surface area contributed by atoms with Gasteiger partial charge in [-0.1, -0.05) is 12.1 Å². The topological polar surface area (TPSA) is 74.1 Å². The van der Waals surface area contributed by atoms with Crippen LogP contribution in [0.4, 0.5) is 0 Å². The Hall–Kier alpha value is -1.88. The molecule has 0 unspecified atom stereocenters. The van der Waals surface area contributed by atoms with Gasteiger partial charge in [0.05, 0.1) is 6.04 Å². The zero-order valence-electron chi connectivity index (χ0n) is 9.88. The molecule has 0 aliphatic heterocycles. The van der Waals surface area contributed by atoms with Gasteiger partial charge in [-0.3, -0.25) is 0 Å². The fourth-order valence-corrected chi connectivity index (χ4v) is 1.51. The average Bonchev–Trinajstić information content (AvgIpc) is 2.71. The molecule has 0 aliphatic carbocycles. The van der Waals surface area contributed by atoms with E-state index in [1.54, 1.807) is 0 Å². The number of aromatic nitrogens is 2. The zero-order chi connectivity index (χ0) is 12.4. The van der Waals surface area contributed by atoms with Crippen LogP contribution >= 0.6 is 0 Å². The van der Waals surface area contributed by atoms with Gasteiger partial charge in [-0.25, -0.2) is 4.79 Å². The molecule has 0 fully saturated rings. The second-order valence-electron chi connectivity index (χ2n) is 4.11. The zero-order valence-corrected chi connectivity index (χ0v) is 9.88. The molecule has 90 valence electrons. The molecule has 0 atom stereocenters. The van der Waals surface area contributed by atoms with E-state index >= 15 is 0 Å². The van der Waals surface area contributed by atoms with Gasteiger partial charge >= 0.3 is 5.76 Å². The van der Waals surface area contributed by atoms with Gasteiger partial charge in [-0.15, -0.1) is 5.10 Å². The van der Waals surface area contributed by atoms with Crippen LogP contribution in [-0.4, -0.2) is 9.78 Å². The smallest absolute Gasteiger partial charge is 0.388 e. The lowest BCUT2D eigenvalue weighted by atomic mass is 10.1. The van der Waals surface area contributed by atoms with Crippen LogP contribution in [0.25, 0.3) is 11.5 Å². The molecule has 1 heterocycles. The summed E-state index contributed by atoms with van der Waals surface area (Å²) in [6.07, 6.45) is 0. The largest absolute Gasteiger partial charge is 0.437 e. The maximum absolute atomic E-state index is 11.5. The van der Waals surface area contributed by atoms with Crippen LogP contribution in [-0.2, 0) is 6.54 Å². The molecular weight excluding hydrogens is 218 g/mol. The minimum atomic E-state index is -0.432. The summed E-state index contributed by atoms with van der Waals surface area (Å²) in [5.74, 6) is -0.0924. The molecule has 1 aromatic carbocycles. The molecule has 2 N–H and O–H groups in total. The summed E-state index contributed by atoms with van der Waals surface area (Å²) >= 11 is 0. The fraction of sp³-hybridized carbons (Fsp3) is 0.333. The molecule has 0 radical (unpaired) electrons. The Labute approximate surface area is 98.9 Å². The van der Waals surface area contributed by atoms with Gasteiger partial charge in [0, 0.05) is 12.1 Å². The second kappa shape index (κ2) is 4.55. The van der Waals surface area contributed by atoms with Crippen molar-refractivity contribution in [1.29, 1.82) is 0 Å². The first-order valence-electron chi connectivity index (χ1n) is 5.51. The Morgan fingerprint density at radius 2 is 2.00 bits per heavy atom. The van der Waals surface area contributed by atoms with Crippen molar-refractivity contribution in [2.45, 2.75) is 26.4 Å². The first kappa shape index (κ1) is 11.6. The van der Waals surface area contributed by atoms with E-state index in [2.05, 4.69) is 5.10 Å². The van der Waals surface area contributed by atoms with Crippen LogP contribution in [0, 0.1) is 0 Å². The summed E-state index contributed by atoms with van der Waals surface area (Å²) in [5, 5.41) is 4.14. The molecule has 2 aromatic rings. The van der Waals surface area contributed by atoms with Crippen molar-refractivity contribution in [1.82, 2.24) is 9.78 Å². The van der Waals surface area contributed by atoms with Crippen LogP contribution in [0.15, 0.2) is 33.5 Å². The minimum absolute atomic E-state index is 0.0108. The highest BCUT2D eigenvalue weighted by atomic mass is 16.4. The van der Waals surface area contributed by atoms with Crippen molar-refractivity contribution >= 4 is 0 Å². The number of nitrogens with two attached hydrogens (primary N) is 1. The summed E-state index contributed by atoms with van der Waals surface area (Å²) in [5.41, 5.74) is 7.32. The maximum Gasteiger partial charge on any atom is 0.437 e. The molecule has 5 nitrogen and oxygen atoms in total. The highest BCUT2D eigenvalue weighted by molar-refractivity contribution is 5.52. The molecule has 17 heavy (non-hydrogen) atoms. The molecule has 0 saturated carbocycles. The SMILES string of the molecule is CC(C)n1nc(-c2ccc(CN)cc2)oc1=O. The quantitative estimate of drug-likeness (QED) is 0.872. The van der Waals surface area contributed by atoms with E-state index in [1.807, 2.05) is 38.1 Å². The highest BCUT2D eigenvalue weighted by Gasteiger charge is 2.11. The number of nitrogens with zero attached hydrogens (tertiary/aromatic N) is 2. The van der Waals surface area contributed by atoms with Crippen LogP contribution < -0.4 is 11.5 Å². The summed E-state index contributed by atoms with van der Waals surface area (Å²) in [4.78, 5) is 11.5. The minimum Gasteiger partial charge on any atom is -0.388 e. The van der Waals surface area contributed by atoms with Crippen molar-refractivity contribution < 1.29 is 4.42 Å². The molecule has 0 amide bonds. The number of hydrogen-bond acceptors (Lipinski definition) is 4. The molecule has 0 aliphatic rings. The highest BCUT2D eigenvalue weighted by Crippen LogP contribution is 2.16. The summed E-state index contributed by atoms with van der Waals surface area (Å²) in [7, 11) is 0. The predicted octanol–water partition coefficient (Wildman–Crippen LogP) is 1.54. The van der Waals surface area contributed by atoms with E-state index in [0.29, 0.717) is 12.4 Å². The molecule has 1 aromatic heterocycles. The van der Waals surface area contributed by atoms with Gasteiger partial charge in [0.15, 0.2) is 0 Å². The number of rotatable bonds is 3.